The van der Waals surface area contributed by atoms with Crippen LogP contribution in [-0.4, -0.2) is 19.1 Å². The number of hydrogen-bond donors (Lipinski definition) is 0. The Morgan fingerprint density at radius 1 is 0.471 bits per heavy atom. The minimum absolute atomic E-state index is 1.09. The topological polar surface area (TPSA) is 43.4 Å². The number of benzene rings is 2. The molecule has 6 rings (SSSR count). The maximum Gasteiger partial charge on any atom is 0.210 e. The first-order valence-corrected chi connectivity index (χ1v) is 11.0. The van der Waals surface area contributed by atoms with E-state index in [1.54, 1.807) is 25.0 Å². The van der Waals surface area contributed by atoms with Crippen LogP contribution in [0.15, 0.2) is 135 Å². The summed E-state index contributed by atoms with van der Waals surface area (Å²) in [5.74, 6) is 0. The minimum atomic E-state index is 1.09. The van der Waals surface area contributed by atoms with E-state index in [4.69, 9.17) is 0 Å². The van der Waals surface area contributed by atoms with E-state index in [1.807, 2.05) is 21.5 Å². The zero-order valence-electron chi connectivity index (χ0n) is 18.4. The highest BCUT2D eigenvalue weighted by atomic mass is 15.0. The summed E-state index contributed by atoms with van der Waals surface area (Å²) >= 11 is 0. The fraction of sp³-hybridized carbons (Fsp3) is 0. The maximum atomic E-state index is 4.11. The first kappa shape index (κ1) is 19.8. The van der Waals surface area contributed by atoms with Gasteiger partial charge in [-0.15, -0.1) is 0 Å². The molecule has 4 aromatic heterocycles. The molecule has 0 aliphatic carbocycles. The van der Waals surface area contributed by atoms with Gasteiger partial charge >= 0.3 is 0 Å². The van der Waals surface area contributed by atoms with Crippen molar-refractivity contribution >= 4 is 0 Å². The van der Waals surface area contributed by atoms with Crippen molar-refractivity contribution in [1.29, 1.82) is 0 Å². The lowest BCUT2D eigenvalue weighted by Crippen LogP contribution is -2.29. The van der Waals surface area contributed by atoms with E-state index < -0.39 is 0 Å². The highest BCUT2D eigenvalue weighted by Crippen LogP contribution is 2.17. The van der Waals surface area contributed by atoms with Crippen LogP contribution in [0.1, 0.15) is 0 Å². The van der Waals surface area contributed by atoms with E-state index in [0.29, 0.717) is 0 Å². The van der Waals surface area contributed by atoms with Gasteiger partial charge < -0.3 is 9.13 Å². The third kappa shape index (κ3) is 3.89. The van der Waals surface area contributed by atoms with Crippen molar-refractivity contribution in [2.75, 3.05) is 0 Å². The molecule has 0 aliphatic heterocycles. The van der Waals surface area contributed by atoms with Crippen LogP contribution in [-0.2, 0) is 0 Å². The van der Waals surface area contributed by atoms with Crippen molar-refractivity contribution in [3.05, 3.63) is 135 Å². The average Bonchev–Trinajstić information content (AvgIpc) is 3.65. The van der Waals surface area contributed by atoms with Gasteiger partial charge in [0.15, 0.2) is 24.8 Å². The molecule has 0 aliphatic rings. The average molecular weight is 443 g/mol. The van der Waals surface area contributed by atoms with E-state index in [2.05, 4.69) is 117 Å². The zero-order chi connectivity index (χ0) is 22.7. The Kier molecular flexibility index (Phi) is 5.01. The van der Waals surface area contributed by atoms with Crippen LogP contribution in [0.3, 0.4) is 0 Å². The normalized spacial score (nSPS) is 10.9. The van der Waals surface area contributed by atoms with Gasteiger partial charge in [-0.3, -0.25) is 0 Å². The molecule has 6 aromatic rings. The van der Waals surface area contributed by atoms with Gasteiger partial charge in [0.25, 0.3) is 0 Å². The van der Waals surface area contributed by atoms with E-state index in [9.17, 15) is 0 Å². The van der Waals surface area contributed by atoms with Gasteiger partial charge in [-0.25, -0.2) is 9.97 Å². The van der Waals surface area contributed by atoms with E-state index in [1.165, 1.54) is 11.1 Å². The summed E-state index contributed by atoms with van der Waals surface area (Å²) in [7, 11) is 0. The summed E-state index contributed by atoms with van der Waals surface area (Å²) in [6.07, 6.45) is 19.4. The fourth-order valence-corrected chi connectivity index (χ4v) is 4.00. The van der Waals surface area contributed by atoms with Gasteiger partial charge in [0.05, 0.1) is 12.7 Å². The van der Waals surface area contributed by atoms with Gasteiger partial charge in [0.2, 0.25) is 11.4 Å². The van der Waals surface area contributed by atoms with Crippen molar-refractivity contribution in [2.24, 2.45) is 0 Å². The number of imidazole rings is 2. The molecule has 0 saturated heterocycles. The Hall–Kier alpha value is -4.84. The molecule has 0 bridgehead atoms. The predicted octanol–water partition coefficient (Wildman–Crippen LogP) is 4.28. The molecule has 0 unspecified atom stereocenters. The largest absolute Gasteiger partial charge is 0.306 e. The van der Waals surface area contributed by atoms with Crippen LogP contribution in [0, 0.1) is 0 Å². The van der Waals surface area contributed by atoms with Crippen LogP contribution in [0.5, 0.6) is 0 Å². The molecule has 0 radical (unpaired) electrons. The van der Waals surface area contributed by atoms with Gasteiger partial charge in [-0.1, -0.05) is 0 Å². The molecule has 0 amide bonds. The lowest BCUT2D eigenvalue weighted by molar-refractivity contribution is -0.596. The summed E-state index contributed by atoms with van der Waals surface area (Å²) in [5.41, 5.74) is 6.75. The smallest absolute Gasteiger partial charge is 0.210 e. The molecular formula is C28H22N6+2. The van der Waals surface area contributed by atoms with Gasteiger partial charge in [-0.2, -0.15) is 9.13 Å². The number of aromatic nitrogens is 6. The summed E-state index contributed by atoms with van der Waals surface area (Å²) in [5, 5.41) is 0. The van der Waals surface area contributed by atoms with Crippen molar-refractivity contribution in [3.63, 3.8) is 0 Å². The second-order valence-electron chi connectivity index (χ2n) is 7.96. The Balaban J connectivity index is 1.18. The van der Waals surface area contributed by atoms with Crippen LogP contribution >= 0.6 is 0 Å². The standard InChI is InChI=1S/C28H22N6/c1-5-27(33-19-13-29-21-33)6-2-25(1)31-15-9-23(10-16-31)24-11-17-32(18-12-24)26-3-7-28(8-4-26)34-20-14-30-22-34/h1-22H/q+2. The molecule has 6 nitrogen and oxygen atoms in total. The number of pyridine rings is 2. The SMILES string of the molecule is c1cn(-c2ccc(-[n+]3ccc(-c4cc[n+](-c5ccc(-n6ccnc6)cc5)cc4)cc3)cc2)cn1. The first-order chi connectivity index (χ1) is 16.8. The van der Waals surface area contributed by atoms with Crippen LogP contribution in [0.2, 0.25) is 0 Å². The van der Waals surface area contributed by atoms with Crippen molar-refractivity contribution in [1.82, 2.24) is 19.1 Å². The van der Waals surface area contributed by atoms with Crippen LogP contribution < -0.4 is 9.13 Å². The third-order valence-corrected chi connectivity index (χ3v) is 5.89. The number of rotatable bonds is 5. The third-order valence-electron chi connectivity index (χ3n) is 5.89. The summed E-state index contributed by atoms with van der Waals surface area (Å²) < 4.78 is 8.22. The predicted molar refractivity (Wildman–Crippen MR) is 129 cm³/mol. The highest BCUT2D eigenvalue weighted by molar-refractivity contribution is 5.61. The van der Waals surface area contributed by atoms with Gasteiger partial charge in [0.1, 0.15) is 0 Å². The zero-order valence-corrected chi connectivity index (χ0v) is 18.4. The number of nitrogens with zero attached hydrogens (tertiary/aromatic N) is 6. The molecular weight excluding hydrogens is 420 g/mol. The van der Waals surface area contributed by atoms with Gasteiger partial charge in [0, 0.05) is 84.7 Å². The maximum absolute atomic E-state index is 4.11. The Morgan fingerprint density at radius 2 is 0.853 bits per heavy atom. The van der Waals surface area contributed by atoms with Gasteiger partial charge in [-0.05, 0) is 35.4 Å². The lowest BCUT2D eigenvalue weighted by atomic mass is 10.1. The number of hydrogen-bond acceptors (Lipinski definition) is 2. The Labute approximate surface area is 197 Å². The second-order valence-corrected chi connectivity index (χ2v) is 7.96. The molecule has 0 N–H and O–H groups in total. The Morgan fingerprint density at radius 3 is 1.18 bits per heavy atom. The van der Waals surface area contributed by atoms with Crippen LogP contribution in [0.4, 0.5) is 0 Å². The minimum Gasteiger partial charge on any atom is -0.306 e. The Bertz CT molecular complexity index is 1360. The first-order valence-electron chi connectivity index (χ1n) is 11.0. The van der Waals surface area contributed by atoms with Crippen molar-refractivity contribution < 1.29 is 9.13 Å². The molecule has 2 aromatic carbocycles. The molecule has 162 valence electrons. The molecule has 0 atom stereocenters. The monoisotopic (exact) mass is 442 g/mol. The quantitative estimate of drug-likeness (QED) is 0.374. The van der Waals surface area contributed by atoms with Crippen LogP contribution in [0.25, 0.3) is 33.9 Å². The molecule has 0 spiro atoms. The second kappa shape index (κ2) is 8.60. The van der Waals surface area contributed by atoms with Crippen molar-refractivity contribution in [2.45, 2.75) is 0 Å². The van der Waals surface area contributed by atoms with Crippen molar-refractivity contribution in [3.8, 4) is 33.9 Å². The van der Waals surface area contributed by atoms with E-state index in [-0.39, 0.29) is 0 Å². The summed E-state index contributed by atoms with van der Waals surface area (Å²) in [4.78, 5) is 8.21. The molecule has 0 saturated carbocycles. The van der Waals surface area contributed by atoms with E-state index in [0.717, 1.165) is 22.7 Å². The summed E-state index contributed by atoms with van der Waals surface area (Å²) in [6, 6.07) is 25.4. The summed E-state index contributed by atoms with van der Waals surface area (Å²) in [6.45, 7) is 0. The molecule has 6 heteroatoms. The van der Waals surface area contributed by atoms with E-state index >= 15 is 0 Å². The molecule has 0 fully saturated rings. The molecule has 34 heavy (non-hydrogen) atoms. The lowest BCUT2D eigenvalue weighted by Gasteiger charge is -2.04. The fourth-order valence-electron chi connectivity index (χ4n) is 4.00. The highest BCUT2D eigenvalue weighted by Gasteiger charge is 2.10. The molecule has 4 heterocycles.